The average Bonchev–Trinajstić information content (AvgIpc) is 2.60. The van der Waals surface area contributed by atoms with Gasteiger partial charge in [-0.3, -0.25) is 9.69 Å². The highest BCUT2D eigenvalue weighted by Gasteiger charge is 2.19. The standard InChI is InChI=1S/C20H26ClN3O3S/c1-14(2)23-28(26,27)19-10-8-18(9-11-19)22-20(25)15(3)24(4)13-16-6-5-7-17(21)12-16/h5-12,14-15,23H,13H2,1-4H3,(H,22,25)/t15-/m0/s1. The van der Waals surface area contributed by atoms with E-state index in [1.165, 1.54) is 12.1 Å². The van der Waals surface area contributed by atoms with Crippen molar-refractivity contribution in [1.82, 2.24) is 9.62 Å². The summed E-state index contributed by atoms with van der Waals surface area (Å²) in [5.41, 5.74) is 1.55. The highest BCUT2D eigenvalue weighted by Crippen LogP contribution is 2.16. The second-order valence-electron chi connectivity index (χ2n) is 7.01. The van der Waals surface area contributed by atoms with Crippen molar-refractivity contribution in [2.45, 2.75) is 44.3 Å². The minimum absolute atomic E-state index is 0.158. The molecular weight excluding hydrogens is 398 g/mol. The number of carbonyl (C=O) groups is 1. The first-order valence-electron chi connectivity index (χ1n) is 8.96. The van der Waals surface area contributed by atoms with Crippen LogP contribution in [0.5, 0.6) is 0 Å². The van der Waals surface area contributed by atoms with Crippen molar-refractivity contribution in [2.75, 3.05) is 12.4 Å². The summed E-state index contributed by atoms with van der Waals surface area (Å²) in [5, 5.41) is 3.47. The van der Waals surface area contributed by atoms with Gasteiger partial charge >= 0.3 is 0 Å². The van der Waals surface area contributed by atoms with E-state index >= 15 is 0 Å². The van der Waals surface area contributed by atoms with Crippen LogP contribution >= 0.6 is 11.6 Å². The molecular formula is C20H26ClN3O3S. The first kappa shape index (κ1) is 22.4. The third-order valence-electron chi connectivity index (χ3n) is 4.18. The van der Waals surface area contributed by atoms with Crippen molar-refractivity contribution in [3.05, 3.63) is 59.1 Å². The van der Waals surface area contributed by atoms with Crippen molar-refractivity contribution < 1.29 is 13.2 Å². The van der Waals surface area contributed by atoms with E-state index in [1.54, 1.807) is 26.0 Å². The van der Waals surface area contributed by atoms with Gasteiger partial charge in [-0.2, -0.15) is 0 Å². The molecule has 0 unspecified atom stereocenters. The molecule has 2 N–H and O–H groups in total. The van der Waals surface area contributed by atoms with E-state index in [1.807, 2.05) is 43.1 Å². The molecule has 152 valence electrons. The lowest BCUT2D eigenvalue weighted by molar-refractivity contribution is -0.120. The van der Waals surface area contributed by atoms with Crippen molar-refractivity contribution in [2.24, 2.45) is 0 Å². The summed E-state index contributed by atoms with van der Waals surface area (Å²) >= 11 is 6.01. The van der Waals surface area contributed by atoms with Gasteiger partial charge in [0.15, 0.2) is 0 Å². The molecule has 0 heterocycles. The van der Waals surface area contributed by atoms with E-state index in [2.05, 4.69) is 10.0 Å². The number of carbonyl (C=O) groups excluding carboxylic acids is 1. The summed E-state index contributed by atoms with van der Waals surface area (Å²) in [6.07, 6.45) is 0. The maximum Gasteiger partial charge on any atom is 0.241 e. The molecule has 0 spiro atoms. The SMILES string of the molecule is CC(C)NS(=O)(=O)c1ccc(NC(=O)[C@H](C)N(C)Cc2cccc(Cl)c2)cc1. The number of amides is 1. The van der Waals surface area contributed by atoms with Crippen LogP contribution in [0, 0.1) is 0 Å². The Morgan fingerprint density at radius 3 is 2.32 bits per heavy atom. The van der Waals surface area contributed by atoms with Crippen molar-refractivity contribution in [1.29, 1.82) is 0 Å². The Labute approximate surface area is 171 Å². The molecule has 0 saturated heterocycles. The number of nitrogens with zero attached hydrogens (tertiary/aromatic N) is 1. The third kappa shape index (κ3) is 6.31. The average molecular weight is 424 g/mol. The zero-order valence-corrected chi connectivity index (χ0v) is 18.0. The van der Waals surface area contributed by atoms with Crippen molar-refractivity contribution in [3.63, 3.8) is 0 Å². The predicted molar refractivity (Wildman–Crippen MR) is 113 cm³/mol. The Hall–Kier alpha value is -1.93. The molecule has 1 amide bonds. The van der Waals surface area contributed by atoms with Gasteiger partial charge in [0, 0.05) is 23.3 Å². The molecule has 0 fully saturated rings. The second kappa shape index (κ2) is 9.52. The number of halogens is 1. The number of nitrogens with one attached hydrogen (secondary N) is 2. The molecule has 2 aromatic rings. The molecule has 0 aliphatic heterocycles. The Balaban J connectivity index is 1.99. The van der Waals surface area contributed by atoms with Crippen LogP contribution in [0.15, 0.2) is 53.4 Å². The summed E-state index contributed by atoms with van der Waals surface area (Å²) in [4.78, 5) is 14.6. The van der Waals surface area contributed by atoms with Gasteiger partial charge in [-0.05, 0) is 69.8 Å². The zero-order valence-electron chi connectivity index (χ0n) is 16.4. The largest absolute Gasteiger partial charge is 0.325 e. The fourth-order valence-electron chi connectivity index (χ4n) is 2.60. The minimum atomic E-state index is -3.55. The van der Waals surface area contributed by atoms with Crippen molar-refractivity contribution >= 4 is 33.2 Å². The number of likely N-dealkylation sites (N-methyl/N-ethyl adjacent to an activating group) is 1. The number of anilines is 1. The normalized spacial score (nSPS) is 13.0. The smallest absolute Gasteiger partial charge is 0.241 e. The quantitative estimate of drug-likeness (QED) is 0.681. The third-order valence-corrected chi connectivity index (χ3v) is 6.09. The molecule has 0 aliphatic rings. The highest BCUT2D eigenvalue weighted by molar-refractivity contribution is 7.89. The van der Waals surface area contributed by atoms with Crippen LogP contribution in [0.2, 0.25) is 5.02 Å². The molecule has 0 saturated carbocycles. The fraction of sp³-hybridized carbons (Fsp3) is 0.350. The van der Waals surface area contributed by atoms with Gasteiger partial charge in [0.05, 0.1) is 10.9 Å². The molecule has 28 heavy (non-hydrogen) atoms. The monoisotopic (exact) mass is 423 g/mol. The lowest BCUT2D eigenvalue weighted by Crippen LogP contribution is -2.39. The van der Waals surface area contributed by atoms with E-state index in [9.17, 15) is 13.2 Å². The molecule has 0 bridgehead atoms. The summed E-state index contributed by atoms with van der Waals surface area (Å²) in [7, 11) is -1.69. The van der Waals surface area contributed by atoms with Gasteiger partial charge in [0.2, 0.25) is 15.9 Å². The van der Waals surface area contributed by atoms with Gasteiger partial charge in [0.25, 0.3) is 0 Å². The maximum atomic E-state index is 12.5. The number of hydrogen-bond donors (Lipinski definition) is 2. The first-order chi connectivity index (χ1) is 13.1. The molecule has 0 radical (unpaired) electrons. The lowest BCUT2D eigenvalue weighted by atomic mass is 10.2. The molecule has 8 heteroatoms. The molecule has 6 nitrogen and oxygen atoms in total. The number of benzene rings is 2. The fourth-order valence-corrected chi connectivity index (χ4v) is 4.07. The molecule has 1 atom stereocenters. The Morgan fingerprint density at radius 1 is 1.11 bits per heavy atom. The van der Waals surface area contributed by atoms with E-state index < -0.39 is 10.0 Å². The Bertz CT molecular complexity index is 915. The van der Waals surface area contributed by atoms with Gasteiger partial charge in [-0.25, -0.2) is 13.1 Å². The van der Waals surface area contributed by atoms with Crippen LogP contribution in [-0.2, 0) is 21.4 Å². The van der Waals surface area contributed by atoms with Gasteiger partial charge in [0.1, 0.15) is 0 Å². The van der Waals surface area contributed by atoms with E-state index in [0.717, 1.165) is 5.56 Å². The first-order valence-corrected chi connectivity index (χ1v) is 10.8. The van der Waals surface area contributed by atoms with Crippen LogP contribution in [0.1, 0.15) is 26.3 Å². The highest BCUT2D eigenvalue weighted by atomic mass is 35.5. The second-order valence-corrected chi connectivity index (χ2v) is 9.16. The topological polar surface area (TPSA) is 78.5 Å². The minimum Gasteiger partial charge on any atom is -0.325 e. The van der Waals surface area contributed by atoms with Gasteiger partial charge in [-0.15, -0.1) is 0 Å². The number of sulfonamides is 1. The molecule has 2 rings (SSSR count). The molecule has 2 aromatic carbocycles. The predicted octanol–water partition coefficient (Wildman–Crippen LogP) is 3.49. The van der Waals surface area contributed by atoms with E-state index in [0.29, 0.717) is 17.3 Å². The zero-order chi connectivity index (χ0) is 20.9. The molecule has 0 aliphatic carbocycles. The van der Waals surface area contributed by atoms with Crippen LogP contribution in [0.25, 0.3) is 0 Å². The summed E-state index contributed by atoms with van der Waals surface area (Å²) in [6, 6.07) is 13.0. The van der Waals surface area contributed by atoms with Gasteiger partial charge < -0.3 is 5.32 Å². The molecule has 0 aromatic heterocycles. The Morgan fingerprint density at radius 2 is 1.75 bits per heavy atom. The summed E-state index contributed by atoms with van der Waals surface area (Å²) in [6.45, 7) is 5.90. The van der Waals surface area contributed by atoms with Gasteiger partial charge in [-0.1, -0.05) is 23.7 Å². The Kier molecular flexibility index (Phi) is 7.60. The van der Waals surface area contributed by atoms with Crippen molar-refractivity contribution in [3.8, 4) is 0 Å². The van der Waals surface area contributed by atoms with E-state index in [4.69, 9.17) is 11.6 Å². The number of rotatable bonds is 8. The van der Waals surface area contributed by atoms with Crippen LogP contribution in [0.4, 0.5) is 5.69 Å². The van der Waals surface area contributed by atoms with Crippen LogP contribution < -0.4 is 10.0 Å². The maximum absolute atomic E-state index is 12.5. The van der Waals surface area contributed by atoms with Crippen LogP contribution in [-0.4, -0.2) is 38.4 Å². The van der Waals surface area contributed by atoms with E-state index in [-0.39, 0.29) is 22.9 Å². The summed E-state index contributed by atoms with van der Waals surface area (Å²) < 4.78 is 26.8. The summed E-state index contributed by atoms with van der Waals surface area (Å²) in [5.74, 6) is -0.180. The van der Waals surface area contributed by atoms with Crippen LogP contribution in [0.3, 0.4) is 0 Å². The lowest BCUT2D eigenvalue weighted by Gasteiger charge is -2.24. The number of hydrogen-bond acceptors (Lipinski definition) is 4.